The van der Waals surface area contributed by atoms with Gasteiger partial charge < -0.3 is 9.84 Å². The largest absolute Gasteiger partial charge is 0.573 e. The molecule has 0 aliphatic heterocycles. The van der Waals surface area contributed by atoms with Crippen LogP contribution in [-0.4, -0.2) is 41.2 Å². The summed E-state index contributed by atoms with van der Waals surface area (Å²) in [7, 11) is 0. The minimum atomic E-state index is -4.82. The van der Waals surface area contributed by atoms with E-state index in [2.05, 4.69) is 25.1 Å². The van der Waals surface area contributed by atoms with Crippen LogP contribution in [-0.2, 0) is 12.1 Å². The molecule has 4 rings (SSSR count). The maximum atomic E-state index is 14.7. The van der Waals surface area contributed by atoms with E-state index in [1.807, 2.05) is 0 Å². The summed E-state index contributed by atoms with van der Waals surface area (Å²) in [4.78, 5) is 3.81. The van der Waals surface area contributed by atoms with Gasteiger partial charge in [-0.15, -0.1) is 18.3 Å². The fourth-order valence-electron chi connectivity index (χ4n) is 3.49. The standard InChI is InChI=1S/C21H17F5N6O2/c1-13(19-9-32(30-29-19)15-3-5-16(6-4-15)34-21(24,25)26)20(33,10-31-12-27-11-28-31)17-8-14(22)2-7-18(17)23/h2-9,11-13,33H,10H2,1H3. The number of alkyl halides is 3. The first kappa shape index (κ1) is 23.3. The van der Waals surface area contributed by atoms with E-state index in [0.29, 0.717) is 5.69 Å². The molecule has 0 bridgehead atoms. The number of nitrogens with zero attached hydrogens (tertiary/aromatic N) is 6. The van der Waals surface area contributed by atoms with E-state index in [-0.39, 0.29) is 17.8 Å². The predicted molar refractivity (Wildman–Crippen MR) is 107 cm³/mol. The summed E-state index contributed by atoms with van der Waals surface area (Å²) in [5, 5.41) is 23.5. The summed E-state index contributed by atoms with van der Waals surface area (Å²) in [5.41, 5.74) is -1.75. The van der Waals surface area contributed by atoms with Crippen molar-refractivity contribution in [3.05, 3.63) is 84.2 Å². The SMILES string of the molecule is CC(c1cn(-c2ccc(OC(F)(F)F)cc2)nn1)C(O)(Cn1cncn1)c1cc(F)ccc1F. The van der Waals surface area contributed by atoms with Crippen LogP contribution in [0.5, 0.6) is 5.75 Å². The van der Waals surface area contributed by atoms with Gasteiger partial charge >= 0.3 is 6.36 Å². The van der Waals surface area contributed by atoms with E-state index < -0.39 is 35.3 Å². The lowest BCUT2D eigenvalue weighted by molar-refractivity contribution is -0.274. The molecule has 4 aromatic rings. The molecule has 2 heterocycles. The lowest BCUT2D eigenvalue weighted by atomic mass is 9.80. The Hall–Kier alpha value is -3.87. The van der Waals surface area contributed by atoms with Crippen molar-refractivity contribution >= 4 is 0 Å². The number of aliphatic hydroxyl groups is 1. The molecule has 0 amide bonds. The van der Waals surface area contributed by atoms with E-state index in [1.54, 1.807) is 6.92 Å². The van der Waals surface area contributed by atoms with Crippen LogP contribution in [0.25, 0.3) is 5.69 Å². The second-order valence-electron chi connectivity index (χ2n) is 7.49. The molecular weight excluding hydrogens is 463 g/mol. The van der Waals surface area contributed by atoms with Gasteiger partial charge in [-0.1, -0.05) is 12.1 Å². The van der Waals surface area contributed by atoms with Gasteiger partial charge in [-0.05, 0) is 42.5 Å². The van der Waals surface area contributed by atoms with Crippen molar-refractivity contribution in [1.29, 1.82) is 0 Å². The Kier molecular flexibility index (Phi) is 6.04. The highest BCUT2D eigenvalue weighted by molar-refractivity contribution is 5.37. The molecule has 2 unspecified atom stereocenters. The highest BCUT2D eigenvalue weighted by atomic mass is 19.4. The minimum absolute atomic E-state index is 0.210. The van der Waals surface area contributed by atoms with Gasteiger partial charge in [-0.2, -0.15) is 5.10 Å². The molecular formula is C21H17F5N6O2. The summed E-state index contributed by atoms with van der Waals surface area (Å²) in [6, 6.07) is 7.61. The highest BCUT2D eigenvalue weighted by Crippen LogP contribution is 2.39. The van der Waals surface area contributed by atoms with Crippen molar-refractivity contribution in [1.82, 2.24) is 29.8 Å². The smallest absolute Gasteiger partial charge is 0.406 e. The molecule has 178 valence electrons. The Balaban J connectivity index is 1.66. The molecule has 1 N–H and O–H groups in total. The maximum Gasteiger partial charge on any atom is 0.573 e. The molecule has 0 aliphatic carbocycles. The van der Waals surface area contributed by atoms with Crippen LogP contribution in [0.1, 0.15) is 24.1 Å². The van der Waals surface area contributed by atoms with Gasteiger partial charge in [-0.25, -0.2) is 23.1 Å². The van der Waals surface area contributed by atoms with Gasteiger partial charge in [0.15, 0.2) is 0 Å². The first-order valence-electron chi connectivity index (χ1n) is 9.84. The van der Waals surface area contributed by atoms with E-state index in [1.165, 1.54) is 40.3 Å². The third kappa shape index (κ3) is 4.88. The topological polar surface area (TPSA) is 90.9 Å². The summed E-state index contributed by atoms with van der Waals surface area (Å²) in [5.74, 6) is -2.91. The van der Waals surface area contributed by atoms with Crippen LogP contribution >= 0.6 is 0 Å². The summed E-state index contributed by atoms with van der Waals surface area (Å²) < 4.78 is 72.1. The van der Waals surface area contributed by atoms with Gasteiger partial charge in [-0.3, -0.25) is 0 Å². The lowest BCUT2D eigenvalue weighted by Gasteiger charge is -2.33. The number of aromatic nitrogens is 6. The number of hydrogen-bond donors (Lipinski definition) is 1. The van der Waals surface area contributed by atoms with E-state index in [4.69, 9.17) is 0 Å². The second-order valence-corrected chi connectivity index (χ2v) is 7.49. The molecule has 0 saturated heterocycles. The Morgan fingerprint density at radius 3 is 2.47 bits per heavy atom. The Labute approximate surface area is 189 Å². The summed E-state index contributed by atoms with van der Waals surface area (Å²) in [6.45, 7) is 1.28. The fraction of sp³-hybridized carbons (Fsp3) is 0.238. The fourth-order valence-corrected chi connectivity index (χ4v) is 3.49. The number of ether oxygens (including phenoxy) is 1. The number of rotatable bonds is 7. The number of halogens is 5. The van der Waals surface area contributed by atoms with E-state index in [0.717, 1.165) is 30.3 Å². The second kappa shape index (κ2) is 8.82. The summed E-state index contributed by atoms with van der Waals surface area (Å²) in [6.07, 6.45) is -0.850. The average Bonchev–Trinajstić information content (AvgIpc) is 3.46. The minimum Gasteiger partial charge on any atom is -0.406 e. The third-order valence-electron chi connectivity index (χ3n) is 5.27. The molecule has 0 aliphatic rings. The van der Waals surface area contributed by atoms with Crippen LogP contribution in [0.3, 0.4) is 0 Å². The Bertz CT molecular complexity index is 1260. The molecule has 2 aromatic carbocycles. The first-order chi connectivity index (χ1) is 16.0. The molecule has 0 spiro atoms. The zero-order chi connectivity index (χ0) is 24.5. The molecule has 8 nitrogen and oxygen atoms in total. The highest BCUT2D eigenvalue weighted by Gasteiger charge is 2.41. The van der Waals surface area contributed by atoms with Crippen LogP contribution in [0.2, 0.25) is 0 Å². The molecule has 0 fully saturated rings. The van der Waals surface area contributed by atoms with Crippen LogP contribution < -0.4 is 4.74 Å². The van der Waals surface area contributed by atoms with E-state index >= 15 is 0 Å². The van der Waals surface area contributed by atoms with Gasteiger partial charge in [0, 0.05) is 11.5 Å². The Morgan fingerprint density at radius 1 is 1.09 bits per heavy atom. The monoisotopic (exact) mass is 480 g/mol. The quantitative estimate of drug-likeness (QED) is 0.406. The number of benzene rings is 2. The average molecular weight is 480 g/mol. The van der Waals surface area contributed by atoms with Crippen LogP contribution in [0.4, 0.5) is 22.0 Å². The third-order valence-corrected chi connectivity index (χ3v) is 5.27. The molecule has 34 heavy (non-hydrogen) atoms. The van der Waals surface area contributed by atoms with Crippen molar-refractivity contribution in [2.75, 3.05) is 0 Å². The lowest BCUT2D eigenvalue weighted by Crippen LogP contribution is -2.38. The number of hydrogen-bond acceptors (Lipinski definition) is 6. The van der Waals surface area contributed by atoms with E-state index in [9.17, 15) is 27.1 Å². The normalized spacial score (nSPS) is 14.6. The first-order valence-corrected chi connectivity index (χ1v) is 9.84. The van der Waals surface area contributed by atoms with Crippen molar-refractivity contribution in [3.8, 4) is 11.4 Å². The van der Waals surface area contributed by atoms with Gasteiger partial charge in [0.25, 0.3) is 0 Å². The zero-order valence-electron chi connectivity index (χ0n) is 17.5. The summed E-state index contributed by atoms with van der Waals surface area (Å²) >= 11 is 0. The van der Waals surface area contributed by atoms with Crippen molar-refractivity contribution < 1.29 is 31.8 Å². The zero-order valence-corrected chi connectivity index (χ0v) is 17.5. The van der Waals surface area contributed by atoms with Gasteiger partial charge in [0.05, 0.1) is 24.1 Å². The molecule has 13 heteroatoms. The predicted octanol–water partition coefficient (Wildman–Crippen LogP) is 3.73. The Morgan fingerprint density at radius 2 is 1.82 bits per heavy atom. The molecule has 0 radical (unpaired) electrons. The van der Waals surface area contributed by atoms with Crippen molar-refractivity contribution in [3.63, 3.8) is 0 Å². The van der Waals surface area contributed by atoms with Gasteiger partial charge in [0.1, 0.15) is 35.6 Å². The molecule has 2 aromatic heterocycles. The van der Waals surface area contributed by atoms with Crippen LogP contribution in [0.15, 0.2) is 61.3 Å². The van der Waals surface area contributed by atoms with Crippen LogP contribution in [0, 0.1) is 11.6 Å². The molecule has 0 saturated carbocycles. The molecule has 2 atom stereocenters. The maximum absolute atomic E-state index is 14.7. The van der Waals surface area contributed by atoms with Crippen molar-refractivity contribution in [2.45, 2.75) is 31.3 Å². The van der Waals surface area contributed by atoms with Crippen molar-refractivity contribution in [2.24, 2.45) is 0 Å². The van der Waals surface area contributed by atoms with Gasteiger partial charge in [0.2, 0.25) is 0 Å².